The fraction of sp³-hybridized carbons (Fsp3) is 0.0909. The van der Waals surface area contributed by atoms with Gasteiger partial charge < -0.3 is 15.5 Å². The van der Waals surface area contributed by atoms with Crippen LogP contribution in [-0.2, 0) is 7.05 Å². The maximum atomic E-state index is 8.76. The number of pyridine rings is 1. The molecule has 0 aliphatic heterocycles. The normalized spacial score (nSPS) is 12.2. The van der Waals surface area contributed by atoms with E-state index in [4.69, 9.17) is 10.9 Å². The van der Waals surface area contributed by atoms with Crippen molar-refractivity contribution in [3.05, 3.63) is 36.8 Å². The lowest BCUT2D eigenvalue weighted by Crippen LogP contribution is -2.19. The summed E-state index contributed by atoms with van der Waals surface area (Å²) in [6.07, 6.45) is 6.62. The molecule has 96 valence electrons. The van der Waals surface area contributed by atoms with Crippen molar-refractivity contribution in [2.75, 3.05) is 0 Å². The summed E-state index contributed by atoms with van der Waals surface area (Å²) in [6.45, 7) is 0. The Morgan fingerprint density at radius 2 is 2.16 bits per heavy atom. The van der Waals surface area contributed by atoms with Crippen molar-refractivity contribution in [3.8, 4) is 5.82 Å². The van der Waals surface area contributed by atoms with Crippen LogP contribution in [0.3, 0.4) is 0 Å². The van der Waals surface area contributed by atoms with Crippen LogP contribution < -0.4 is 5.73 Å². The van der Waals surface area contributed by atoms with Crippen molar-refractivity contribution < 1.29 is 5.21 Å². The van der Waals surface area contributed by atoms with Gasteiger partial charge in [0.05, 0.1) is 11.8 Å². The largest absolute Gasteiger partial charge is 0.409 e. The van der Waals surface area contributed by atoms with Crippen molar-refractivity contribution in [2.45, 2.75) is 0 Å². The number of rotatable bonds is 2. The molecule has 0 fully saturated rings. The average Bonchev–Trinajstić information content (AvgIpc) is 3.05. The van der Waals surface area contributed by atoms with E-state index in [-0.39, 0.29) is 5.84 Å². The molecule has 0 atom stereocenters. The zero-order chi connectivity index (χ0) is 13.4. The molecule has 3 rings (SSSR count). The Hall–Kier alpha value is -2.90. The molecule has 8 nitrogen and oxygen atoms in total. The third-order valence-corrected chi connectivity index (χ3v) is 2.83. The molecule has 0 aliphatic rings. The number of nitrogens with zero attached hydrogens (tertiary/aromatic N) is 6. The van der Waals surface area contributed by atoms with Gasteiger partial charge in [0.25, 0.3) is 0 Å². The number of hydrogen-bond acceptors (Lipinski definition) is 5. The first-order valence-corrected chi connectivity index (χ1v) is 5.50. The topological polar surface area (TPSA) is 107 Å². The smallest absolute Gasteiger partial charge is 0.206 e. The first-order chi connectivity index (χ1) is 9.22. The van der Waals surface area contributed by atoms with E-state index >= 15 is 0 Å². The standard InChI is InChI=1S/C11H11N7O/c1-17-6-15-8-7(17)2-3-13-10(8)18-5-4-14-11(18)9(12)16-19/h2-6,19H,1H3,(H2,12,16). The fourth-order valence-corrected chi connectivity index (χ4v) is 1.93. The number of imidazole rings is 2. The molecule has 0 spiro atoms. The molecular formula is C11H11N7O. The first kappa shape index (κ1) is 11.2. The maximum Gasteiger partial charge on any atom is 0.206 e. The van der Waals surface area contributed by atoms with Crippen LogP contribution in [0.4, 0.5) is 0 Å². The Morgan fingerprint density at radius 3 is 2.95 bits per heavy atom. The molecule has 8 heteroatoms. The van der Waals surface area contributed by atoms with Gasteiger partial charge in [-0.25, -0.2) is 15.0 Å². The molecule has 3 aromatic heterocycles. The Labute approximate surface area is 107 Å². The number of oxime groups is 1. The fourth-order valence-electron chi connectivity index (χ4n) is 1.93. The zero-order valence-electron chi connectivity index (χ0n) is 10.1. The van der Waals surface area contributed by atoms with Crippen LogP contribution in [0.5, 0.6) is 0 Å². The summed E-state index contributed by atoms with van der Waals surface area (Å²) in [7, 11) is 1.90. The van der Waals surface area contributed by atoms with Gasteiger partial charge in [0.2, 0.25) is 5.84 Å². The summed E-state index contributed by atoms with van der Waals surface area (Å²) in [5.74, 6) is 0.810. The quantitative estimate of drug-likeness (QED) is 0.296. The lowest BCUT2D eigenvalue weighted by Gasteiger charge is -2.06. The Kier molecular flexibility index (Phi) is 2.41. The van der Waals surface area contributed by atoms with Gasteiger partial charge in [-0.15, -0.1) is 0 Å². The number of aryl methyl sites for hydroxylation is 1. The van der Waals surface area contributed by atoms with Crippen LogP contribution in [0.25, 0.3) is 16.9 Å². The van der Waals surface area contributed by atoms with Crippen LogP contribution >= 0.6 is 0 Å². The monoisotopic (exact) mass is 257 g/mol. The Balaban J connectivity index is 2.28. The number of nitrogens with two attached hydrogens (primary N) is 1. The molecule has 0 aliphatic carbocycles. The highest BCUT2D eigenvalue weighted by Gasteiger charge is 2.14. The summed E-state index contributed by atoms with van der Waals surface area (Å²) in [4.78, 5) is 12.7. The van der Waals surface area contributed by atoms with E-state index in [1.807, 2.05) is 17.7 Å². The van der Waals surface area contributed by atoms with E-state index in [0.29, 0.717) is 11.6 Å². The van der Waals surface area contributed by atoms with E-state index in [9.17, 15) is 0 Å². The van der Waals surface area contributed by atoms with Gasteiger partial charge in [0, 0.05) is 25.6 Å². The SMILES string of the molecule is Cn1cnc2c(-n3ccnc3/C(N)=N/O)nccc21. The molecule has 0 amide bonds. The summed E-state index contributed by atoms with van der Waals surface area (Å²) in [6, 6.07) is 1.87. The van der Waals surface area contributed by atoms with E-state index in [1.54, 1.807) is 29.5 Å². The third-order valence-electron chi connectivity index (χ3n) is 2.83. The van der Waals surface area contributed by atoms with Crippen molar-refractivity contribution in [1.29, 1.82) is 0 Å². The molecular weight excluding hydrogens is 246 g/mol. The summed E-state index contributed by atoms with van der Waals surface area (Å²) < 4.78 is 3.52. The van der Waals surface area contributed by atoms with Crippen molar-refractivity contribution in [2.24, 2.45) is 17.9 Å². The lowest BCUT2D eigenvalue weighted by atomic mass is 10.3. The van der Waals surface area contributed by atoms with Crippen LogP contribution in [0.1, 0.15) is 5.82 Å². The predicted octanol–water partition coefficient (Wildman–Crippen LogP) is 0.248. The lowest BCUT2D eigenvalue weighted by molar-refractivity contribution is 0.318. The molecule has 0 bridgehead atoms. The number of fused-ring (bicyclic) bond motifs is 1. The summed E-state index contributed by atoms with van der Waals surface area (Å²) in [5.41, 5.74) is 7.24. The van der Waals surface area contributed by atoms with E-state index in [2.05, 4.69) is 20.1 Å². The average molecular weight is 257 g/mol. The van der Waals surface area contributed by atoms with Crippen LogP contribution in [0.15, 0.2) is 36.1 Å². The van der Waals surface area contributed by atoms with Gasteiger partial charge >= 0.3 is 0 Å². The van der Waals surface area contributed by atoms with Gasteiger partial charge in [-0.3, -0.25) is 4.57 Å². The van der Waals surface area contributed by atoms with Gasteiger partial charge in [0.15, 0.2) is 11.6 Å². The van der Waals surface area contributed by atoms with Crippen molar-refractivity contribution in [3.63, 3.8) is 0 Å². The van der Waals surface area contributed by atoms with E-state index in [0.717, 1.165) is 11.0 Å². The van der Waals surface area contributed by atoms with E-state index < -0.39 is 0 Å². The molecule has 0 radical (unpaired) electrons. The van der Waals surface area contributed by atoms with Crippen LogP contribution in [0.2, 0.25) is 0 Å². The highest BCUT2D eigenvalue weighted by molar-refractivity contribution is 5.95. The second-order valence-corrected chi connectivity index (χ2v) is 3.96. The van der Waals surface area contributed by atoms with E-state index in [1.165, 1.54) is 0 Å². The molecule has 0 unspecified atom stereocenters. The molecule has 3 heterocycles. The zero-order valence-corrected chi connectivity index (χ0v) is 10.1. The highest BCUT2D eigenvalue weighted by atomic mass is 16.4. The van der Waals surface area contributed by atoms with Gasteiger partial charge in [0.1, 0.15) is 5.52 Å². The summed E-state index contributed by atoms with van der Waals surface area (Å²) in [5, 5.41) is 11.7. The Morgan fingerprint density at radius 1 is 1.32 bits per heavy atom. The molecule has 3 aromatic rings. The maximum absolute atomic E-state index is 8.76. The minimum atomic E-state index is -0.0836. The number of hydrogen-bond donors (Lipinski definition) is 2. The molecule has 0 saturated heterocycles. The second kappa shape index (κ2) is 4.09. The molecule has 0 saturated carbocycles. The first-order valence-electron chi connectivity index (χ1n) is 5.50. The Bertz CT molecular complexity index is 770. The predicted molar refractivity (Wildman–Crippen MR) is 68.1 cm³/mol. The molecule has 19 heavy (non-hydrogen) atoms. The van der Waals surface area contributed by atoms with Crippen LogP contribution in [0, 0.1) is 0 Å². The highest BCUT2D eigenvalue weighted by Crippen LogP contribution is 2.19. The number of amidine groups is 1. The van der Waals surface area contributed by atoms with Gasteiger partial charge in [-0.05, 0) is 6.07 Å². The minimum Gasteiger partial charge on any atom is -0.409 e. The third kappa shape index (κ3) is 1.61. The van der Waals surface area contributed by atoms with Gasteiger partial charge in [-0.1, -0.05) is 5.16 Å². The number of aromatic nitrogens is 5. The molecule has 3 N–H and O–H groups in total. The second-order valence-electron chi connectivity index (χ2n) is 3.96. The van der Waals surface area contributed by atoms with Crippen molar-refractivity contribution in [1.82, 2.24) is 24.1 Å². The van der Waals surface area contributed by atoms with Gasteiger partial charge in [-0.2, -0.15) is 0 Å². The molecule has 0 aromatic carbocycles. The minimum absolute atomic E-state index is 0.0836. The van der Waals surface area contributed by atoms with Crippen molar-refractivity contribution >= 4 is 16.9 Å². The van der Waals surface area contributed by atoms with Crippen LogP contribution in [-0.4, -0.2) is 35.1 Å². The summed E-state index contributed by atoms with van der Waals surface area (Å²) >= 11 is 0.